The first-order valence-corrected chi connectivity index (χ1v) is 12.8. The minimum Gasteiger partial charge on any atom is -0.497 e. The van der Waals surface area contributed by atoms with Crippen LogP contribution in [0.3, 0.4) is 0 Å². The summed E-state index contributed by atoms with van der Waals surface area (Å²) in [5, 5.41) is 0. The third kappa shape index (κ3) is 7.19. The van der Waals surface area contributed by atoms with Crippen molar-refractivity contribution in [3.63, 3.8) is 0 Å². The Balaban J connectivity index is 1.82. The van der Waals surface area contributed by atoms with E-state index in [2.05, 4.69) is 45.9 Å². The molecule has 1 atom stereocenters. The summed E-state index contributed by atoms with van der Waals surface area (Å²) in [5.41, 5.74) is 4.41. The summed E-state index contributed by atoms with van der Waals surface area (Å²) < 4.78 is 26.3. The molecule has 0 spiro atoms. The summed E-state index contributed by atoms with van der Waals surface area (Å²) in [4.78, 5) is 11.7. The first-order chi connectivity index (χ1) is 17.1. The third-order valence-corrected chi connectivity index (χ3v) is 6.55. The van der Waals surface area contributed by atoms with Gasteiger partial charge >= 0.3 is 0 Å². The lowest BCUT2D eigenvalue weighted by Gasteiger charge is -2.24. The first kappa shape index (κ1) is 27.4. The monoisotopic (exact) mass is 490 g/mol. The molecule has 0 aromatic heterocycles. The van der Waals surface area contributed by atoms with E-state index in [4.69, 9.17) is 9.47 Å². The van der Waals surface area contributed by atoms with Gasteiger partial charge in [0.2, 0.25) is 0 Å². The molecule has 0 fully saturated rings. The summed E-state index contributed by atoms with van der Waals surface area (Å²) in [6.45, 7) is 10.6. The zero-order valence-electron chi connectivity index (χ0n) is 22.5. The molecule has 0 bridgehead atoms. The van der Waals surface area contributed by atoms with Crippen molar-refractivity contribution in [3.8, 4) is 22.6 Å². The molecule has 192 valence electrons. The van der Waals surface area contributed by atoms with Crippen molar-refractivity contribution >= 4 is 5.78 Å². The van der Waals surface area contributed by atoms with Crippen LogP contribution in [-0.4, -0.2) is 12.9 Å². The van der Waals surface area contributed by atoms with Crippen LogP contribution in [0, 0.1) is 5.82 Å². The van der Waals surface area contributed by atoms with Gasteiger partial charge in [-0.1, -0.05) is 64.8 Å². The normalized spacial score (nSPS) is 12.3. The molecule has 0 unspecified atom stereocenters. The molecule has 36 heavy (non-hydrogen) atoms. The molecule has 0 heterocycles. The van der Waals surface area contributed by atoms with E-state index < -0.39 is 0 Å². The van der Waals surface area contributed by atoms with E-state index in [-0.39, 0.29) is 22.9 Å². The Hall–Kier alpha value is -3.14. The van der Waals surface area contributed by atoms with Crippen molar-refractivity contribution in [1.82, 2.24) is 0 Å². The van der Waals surface area contributed by atoms with Crippen molar-refractivity contribution < 1.29 is 18.7 Å². The Morgan fingerprint density at radius 3 is 2.25 bits per heavy atom. The fourth-order valence-electron chi connectivity index (χ4n) is 4.58. The van der Waals surface area contributed by atoms with Gasteiger partial charge in [0.15, 0.2) is 0 Å². The van der Waals surface area contributed by atoms with Crippen molar-refractivity contribution in [1.29, 1.82) is 0 Å². The quantitative estimate of drug-likeness (QED) is 0.270. The van der Waals surface area contributed by atoms with E-state index in [1.165, 1.54) is 11.6 Å². The van der Waals surface area contributed by atoms with Gasteiger partial charge in [0, 0.05) is 12.0 Å². The van der Waals surface area contributed by atoms with E-state index in [0.717, 1.165) is 41.7 Å². The van der Waals surface area contributed by atoms with Crippen LogP contribution in [0.2, 0.25) is 0 Å². The number of hydrogen-bond acceptors (Lipinski definition) is 3. The zero-order valence-corrected chi connectivity index (χ0v) is 22.5. The lowest BCUT2D eigenvalue weighted by molar-refractivity contribution is -0.117. The number of benzene rings is 3. The largest absolute Gasteiger partial charge is 0.497 e. The lowest BCUT2D eigenvalue weighted by Crippen LogP contribution is -2.13. The minimum atomic E-state index is -0.279. The smallest absolute Gasteiger partial charge is 0.131 e. The maximum atomic E-state index is 14.9. The average molecular weight is 491 g/mol. The van der Waals surface area contributed by atoms with Crippen LogP contribution in [0.5, 0.6) is 11.5 Å². The molecular weight excluding hydrogens is 451 g/mol. The number of carbonyl (C=O) groups excluding carboxylic acids is 1. The van der Waals surface area contributed by atoms with Crippen molar-refractivity contribution in [3.05, 3.63) is 83.2 Å². The van der Waals surface area contributed by atoms with Crippen LogP contribution in [-0.2, 0) is 16.8 Å². The van der Waals surface area contributed by atoms with E-state index in [1.807, 2.05) is 24.3 Å². The van der Waals surface area contributed by atoms with E-state index in [9.17, 15) is 9.18 Å². The Kier molecular flexibility index (Phi) is 9.31. The van der Waals surface area contributed by atoms with Crippen molar-refractivity contribution in [2.45, 2.75) is 78.2 Å². The van der Waals surface area contributed by atoms with Gasteiger partial charge in [0.1, 0.15) is 29.7 Å². The second-order valence-electron chi connectivity index (χ2n) is 10.6. The molecule has 0 amide bonds. The molecule has 3 aromatic carbocycles. The molecule has 0 radical (unpaired) electrons. The summed E-state index contributed by atoms with van der Waals surface area (Å²) >= 11 is 0. The number of hydrogen-bond donors (Lipinski definition) is 0. The van der Waals surface area contributed by atoms with E-state index in [1.54, 1.807) is 26.2 Å². The van der Waals surface area contributed by atoms with Gasteiger partial charge in [-0.15, -0.1) is 0 Å². The van der Waals surface area contributed by atoms with Gasteiger partial charge < -0.3 is 14.3 Å². The molecule has 0 N–H and O–H groups in total. The third-order valence-electron chi connectivity index (χ3n) is 6.55. The highest BCUT2D eigenvalue weighted by atomic mass is 19.1. The molecule has 3 aromatic rings. The van der Waals surface area contributed by atoms with E-state index >= 15 is 0 Å². The highest BCUT2D eigenvalue weighted by Gasteiger charge is 2.21. The summed E-state index contributed by atoms with van der Waals surface area (Å²) in [7, 11) is 1.59. The van der Waals surface area contributed by atoms with Gasteiger partial charge in [-0.25, -0.2) is 4.39 Å². The fraction of sp³-hybridized carbons (Fsp3) is 0.406. The number of ether oxygens (including phenoxy) is 2. The minimum absolute atomic E-state index is 0.158. The Labute approximate surface area is 215 Å². The molecule has 0 saturated heterocycles. The van der Waals surface area contributed by atoms with Crippen molar-refractivity contribution in [2.75, 3.05) is 7.11 Å². The Bertz CT molecular complexity index is 1160. The number of rotatable bonds is 11. The van der Waals surface area contributed by atoms with Crippen LogP contribution in [0.4, 0.5) is 4.39 Å². The van der Waals surface area contributed by atoms with Crippen LogP contribution >= 0.6 is 0 Å². The van der Waals surface area contributed by atoms with Crippen LogP contribution in [0.25, 0.3) is 11.1 Å². The second kappa shape index (κ2) is 12.2. The first-order valence-electron chi connectivity index (χ1n) is 12.8. The number of Topliss-reactive ketones (excluding diaryl/α,β-unsaturated/α-hetero) is 1. The van der Waals surface area contributed by atoms with Gasteiger partial charge in [-0.2, -0.15) is 0 Å². The molecule has 0 aliphatic heterocycles. The highest BCUT2D eigenvalue weighted by molar-refractivity contribution is 5.76. The van der Waals surface area contributed by atoms with Crippen LogP contribution in [0.1, 0.15) is 82.9 Å². The van der Waals surface area contributed by atoms with Gasteiger partial charge in [0.05, 0.1) is 7.11 Å². The van der Waals surface area contributed by atoms with Crippen molar-refractivity contribution in [2.24, 2.45) is 0 Å². The van der Waals surface area contributed by atoms with E-state index in [0.29, 0.717) is 24.3 Å². The van der Waals surface area contributed by atoms with Gasteiger partial charge in [0.25, 0.3) is 0 Å². The van der Waals surface area contributed by atoms with Crippen LogP contribution < -0.4 is 9.47 Å². The van der Waals surface area contributed by atoms with Gasteiger partial charge in [-0.05, 0) is 83.3 Å². The topological polar surface area (TPSA) is 35.5 Å². The highest BCUT2D eigenvalue weighted by Crippen LogP contribution is 2.37. The SMILES string of the molecule is CCCC[C@@H](CC(C)=O)c1ccc(OCc2ccc(C(C)(C)C)c(-c3cc(OC)ccc3F)c2)cc1. The summed E-state index contributed by atoms with van der Waals surface area (Å²) in [6.07, 6.45) is 3.81. The molecule has 3 nitrogen and oxygen atoms in total. The average Bonchev–Trinajstić information content (AvgIpc) is 2.85. The molecule has 3 rings (SSSR count). The summed E-state index contributed by atoms with van der Waals surface area (Å²) in [6, 6.07) is 19.0. The lowest BCUT2D eigenvalue weighted by atomic mass is 9.81. The fourth-order valence-corrected chi connectivity index (χ4v) is 4.58. The maximum absolute atomic E-state index is 14.9. The predicted molar refractivity (Wildman–Crippen MR) is 145 cm³/mol. The Morgan fingerprint density at radius 1 is 0.944 bits per heavy atom. The molecule has 0 saturated carbocycles. The molecule has 4 heteroatoms. The van der Waals surface area contributed by atoms with Gasteiger partial charge in [-0.3, -0.25) is 0 Å². The predicted octanol–water partition coefficient (Wildman–Crippen LogP) is 8.63. The number of methoxy groups -OCH3 is 1. The number of carbonyl (C=O) groups is 1. The standard InChI is InChI=1S/C32H39FO3/c1-7-8-9-25(18-22(2)34)24-11-13-26(14-12-24)36-21-23-10-16-30(32(3,4)5)28(19-23)29-20-27(35-6)15-17-31(29)33/h10-17,19-20,25H,7-9,18,21H2,1-6H3/t25-/m0/s1. The maximum Gasteiger partial charge on any atom is 0.131 e. The number of halogens is 1. The molecule has 0 aliphatic carbocycles. The second-order valence-corrected chi connectivity index (χ2v) is 10.6. The zero-order chi connectivity index (χ0) is 26.3. The van der Waals surface area contributed by atoms with Crippen LogP contribution in [0.15, 0.2) is 60.7 Å². The Morgan fingerprint density at radius 2 is 1.64 bits per heavy atom. The number of ketones is 1. The molecular formula is C32H39FO3. The molecule has 0 aliphatic rings. The summed E-state index contributed by atoms with van der Waals surface area (Å²) in [5.74, 6) is 1.58. The number of unbranched alkanes of at least 4 members (excludes halogenated alkanes) is 1.